The van der Waals surface area contributed by atoms with Crippen molar-refractivity contribution in [1.82, 2.24) is 4.98 Å². The van der Waals surface area contributed by atoms with Crippen molar-refractivity contribution in [3.63, 3.8) is 0 Å². The summed E-state index contributed by atoms with van der Waals surface area (Å²) in [5, 5.41) is 10.9. The summed E-state index contributed by atoms with van der Waals surface area (Å²) in [5.74, 6) is -0.909. The Morgan fingerprint density at radius 3 is 2.72 bits per heavy atom. The molecule has 130 valence electrons. The number of fused-ring (bicyclic) bond motifs is 1. The molecule has 0 amide bonds. The fraction of sp³-hybridized carbons (Fsp3) is 0.188. The van der Waals surface area contributed by atoms with E-state index in [9.17, 15) is 14.5 Å². The summed E-state index contributed by atoms with van der Waals surface area (Å²) in [6.07, 6.45) is 0.109. The van der Waals surface area contributed by atoms with E-state index >= 15 is 0 Å². The van der Waals surface area contributed by atoms with Gasteiger partial charge in [0.05, 0.1) is 25.2 Å². The monoisotopic (exact) mass is 348 g/mol. The predicted octanol–water partition coefficient (Wildman–Crippen LogP) is 3.47. The second-order valence-electron chi connectivity index (χ2n) is 4.95. The second kappa shape index (κ2) is 6.63. The molecule has 0 unspecified atom stereocenters. The molecule has 3 rings (SSSR count). The number of benzene rings is 2. The van der Waals surface area contributed by atoms with Gasteiger partial charge in [0.2, 0.25) is 5.82 Å². The van der Waals surface area contributed by atoms with Crippen LogP contribution in [0.4, 0.5) is 10.1 Å². The number of rotatable bonds is 6. The fourth-order valence-electron chi connectivity index (χ4n) is 2.28. The van der Waals surface area contributed by atoms with Crippen molar-refractivity contribution in [2.75, 3.05) is 14.2 Å². The first-order valence-corrected chi connectivity index (χ1v) is 7.10. The van der Waals surface area contributed by atoms with E-state index in [0.29, 0.717) is 16.7 Å². The van der Waals surface area contributed by atoms with E-state index in [4.69, 9.17) is 18.6 Å². The molecule has 0 saturated carbocycles. The number of nitro groups is 1. The number of oxazole rings is 1. The van der Waals surface area contributed by atoms with E-state index in [0.717, 1.165) is 12.1 Å². The Labute approximate surface area is 140 Å². The summed E-state index contributed by atoms with van der Waals surface area (Å²) in [4.78, 5) is 14.2. The molecule has 0 saturated heterocycles. The minimum atomic E-state index is -1.00. The molecule has 1 heterocycles. The maximum absolute atomic E-state index is 13.7. The summed E-state index contributed by atoms with van der Waals surface area (Å²) in [5.41, 5.74) is 1.01. The largest absolute Gasteiger partial charge is 0.493 e. The number of hydrogen-bond acceptors (Lipinski definition) is 7. The molecule has 8 nitrogen and oxygen atoms in total. The van der Waals surface area contributed by atoms with Gasteiger partial charge in [0.15, 0.2) is 17.1 Å². The molecule has 0 aliphatic rings. The molecule has 0 aliphatic carbocycles. The fourth-order valence-corrected chi connectivity index (χ4v) is 2.28. The van der Waals surface area contributed by atoms with E-state index < -0.39 is 16.4 Å². The second-order valence-corrected chi connectivity index (χ2v) is 4.95. The van der Waals surface area contributed by atoms with Crippen LogP contribution in [0.3, 0.4) is 0 Å². The third kappa shape index (κ3) is 3.16. The highest BCUT2D eigenvalue weighted by molar-refractivity contribution is 5.77. The van der Waals surface area contributed by atoms with Crippen LogP contribution in [0, 0.1) is 15.9 Å². The normalized spacial score (nSPS) is 10.7. The molecular weight excluding hydrogens is 335 g/mol. The Morgan fingerprint density at radius 1 is 1.24 bits per heavy atom. The van der Waals surface area contributed by atoms with Crippen molar-refractivity contribution >= 4 is 16.8 Å². The summed E-state index contributed by atoms with van der Waals surface area (Å²) >= 11 is 0. The number of para-hydroxylation sites is 1. The number of nitrogens with zero attached hydrogens (tertiary/aromatic N) is 2. The molecule has 0 spiro atoms. The Morgan fingerprint density at radius 2 is 2.04 bits per heavy atom. The lowest BCUT2D eigenvalue weighted by atomic mass is 10.2. The number of methoxy groups -OCH3 is 2. The molecule has 25 heavy (non-hydrogen) atoms. The first-order valence-electron chi connectivity index (χ1n) is 7.10. The SMILES string of the molecule is COc1nc2c(COc3cc([N+](=O)[O-])c(F)cc3OC)cccc2o1. The smallest absolute Gasteiger partial charge is 0.394 e. The molecule has 0 aliphatic heterocycles. The minimum absolute atomic E-state index is 0.0200. The highest BCUT2D eigenvalue weighted by atomic mass is 19.1. The first kappa shape index (κ1) is 16.5. The zero-order valence-corrected chi connectivity index (χ0v) is 13.3. The summed E-state index contributed by atoms with van der Waals surface area (Å²) in [6.45, 7) is 0.0200. The molecule has 0 bridgehead atoms. The highest BCUT2D eigenvalue weighted by Crippen LogP contribution is 2.34. The summed E-state index contributed by atoms with van der Waals surface area (Å²) in [6, 6.07) is 7.12. The van der Waals surface area contributed by atoms with Crippen LogP contribution in [-0.4, -0.2) is 24.1 Å². The lowest BCUT2D eigenvalue weighted by Gasteiger charge is -2.11. The van der Waals surface area contributed by atoms with Crippen molar-refractivity contribution in [3.05, 3.63) is 51.8 Å². The minimum Gasteiger partial charge on any atom is -0.493 e. The summed E-state index contributed by atoms with van der Waals surface area (Å²) in [7, 11) is 2.75. The third-order valence-corrected chi connectivity index (χ3v) is 3.47. The molecule has 0 atom stereocenters. The zero-order chi connectivity index (χ0) is 18.0. The van der Waals surface area contributed by atoms with E-state index in [1.807, 2.05) is 0 Å². The van der Waals surface area contributed by atoms with Crippen LogP contribution < -0.4 is 14.2 Å². The standard InChI is InChI=1S/C16H13FN2O6/c1-22-13-6-10(17)11(19(20)21)7-14(13)24-8-9-4-3-5-12-15(9)18-16(23-2)25-12/h3-7H,8H2,1-2H3. The van der Waals surface area contributed by atoms with Gasteiger partial charge >= 0.3 is 11.8 Å². The lowest BCUT2D eigenvalue weighted by molar-refractivity contribution is -0.387. The first-order chi connectivity index (χ1) is 12.0. The maximum atomic E-state index is 13.7. The van der Waals surface area contributed by atoms with Crippen molar-refractivity contribution < 1.29 is 27.9 Å². The number of ether oxygens (including phenoxy) is 3. The van der Waals surface area contributed by atoms with Crippen LogP contribution >= 0.6 is 0 Å². The van der Waals surface area contributed by atoms with E-state index in [1.165, 1.54) is 14.2 Å². The van der Waals surface area contributed by atoms with Gasteiger partial charge in [0.25, 0.3) is 0 Å². The van der Waals surface area contributed by atoms with Gasteiger partial charge in [-0.15, -0.1) is 0 Å². The Kier molecular flexibility index (Phi) is 4.38. The van der Waals surface area contributed by atoms with Crippen LogP contribution in [0.5, 0.6) is 17.6 Å². The van der Waals surface area contributed by atoms with E-state index in [-0.39, 0.29) is 24.2 Å². The lowest BCUT2D eigenvalue weighted by Crippen LogP contribution is -2.01. The van der Waals surface area contributed by atoms with Gasteiger partial charge in [0.1, 0.15) is 12.1 Å². The van der Waals surface area contributed by atoms with Crippen molar-refractivity contribution in [3.8, 4) is 17.6 Å². The number of halogens is 1. The number of hydrogen-bond donors (Lipinski definition) is 0. The van der Waals surface area contributed by atoms with E-state index in [2.05, 4.69) is 4.98 Å². The third-order valence-electron chi connectivity index (χ3n) is 3.47. The highest BCUT2D eigenvalue weighted by Gasteiger charge is 2.20. The number of nitro benzene ring substituents is 1. The Bertz CT molecular complexity index is 940. The van der Waals surface area contributed by atoms with Gasteiger partial charge in [-0.3, -0.25) is 10.1 Å². The predicted molar refractivity (Wildman–Crippen MR) is 84.5 cm³/mol. The topological polar surface area (TPSA) is 96.9 Å². The van der Waals surface area contributed by atoms with Crippen LogP contribution in [0.25, 0.3) is 11.1 Å². The average molecular weight is 348 g/mol. The zero-order valence-electron chi connectivity index (χ0n) is 13.3. The van der Waals surface area contributed by atoms with Gasteiger partial charge in [0, 0.05) is 11.6 Å². The van der Waals surface area contributed by atoms with Gasteiger partial charge in [-0.05, 0) is 6.07 Å². The molecule has 0 fully saturated rings. The molecule has 9 heteroatoms. The van der Waals surface area contributed by atoms with Gasteiger partial charge in [-0.2, -0.15) is 9.37 Å². The molecule has 2 aromatic carbocycles. The van der Waals surface area contributed by atoms with Crippen LogP contribution in [0.2, 0.25) is 0 Å². The van der Waals surface area contributed by atoms with Crippen molar-refractivity contribution in [2.24, 2.45) is 0 Å². The van der Waals surface area contributed by atoms with Crippen molar-refractivity contribution in [2.45, 2.75) is 6.61 Å². The Hall–Kier alpha value is -3.36. The van der Waals surface area contributed by atoms with Gasteiger partial charge in [-0.1, -0.05) is 12.1 Å². The molecule has 0 radical (unpaired) electrons. The van der Waals surface area contributed by atoms with Gasteiger partial charge in [-0.25, -0.2) is 0 Å². The van der Waals surface area contributed by atoms with Crippen LogP contribution in [-0.2, 0) is 6.61 Å². The number of aromatic nitrogens is 1. The van der Waals surface area contributed by atoms with Crippen molar-refractivity contribution in [1.29, 1.82) is 0 Å². The quantitative estimate of drug-likeness (QED) is 0.497. The molecule has 1 aromatic heterocycles. The summed E-state index contributed by atoms with van der Waals surface area (Å²) < 4.78 is 34.6. The molecule has 3 aromatic rings. The van der Waals surface area contributed by atoms with Crippen LogP contribution in [0.15, 0.2) is 34.7 Å². The van der Waals surface area contributed by atoms with Crippen LogP contribution in [0.1, 0.15) is 5.56 Å². The Balaban J connectivity index is 1.92. The molecular formula is C16H13FN2O6. The average Bonchev–Trinajstić information content (AvgIpc) is 3.03. The maximum Gasteiger partial charge on any atom is 0.394 e. The van der Waals surface area contributed by atoms with Gasteiger partial charge < -0.3 is 18.6 Å². The molecule has 0 N–H and O–H groups in total. The van der Waals surface area contributed by atoms with E-state index in [1.54, 1.807) is 18.2 Å².